The molecule has 3 N–H and O–H groups in total. The van der Waals surface area contributed by atoms with Crippen LogP contribution in [0.25, 0.3) is 6.08 Å². The highest BCUT2D eigenvalue weighted by molar-refractivity contribution is 5.97. The third-order valence-corrected chi connectivity index (χ3v) is 3.99. The van der Waals surface area contributed by atoms with Crippen LogP contribution in [0.3, 0.4) is 0 Å². The molecule has 0 aliphatic carbocycles. The zero-order valence-corrected chi connectivity index (χ0v) is 14.4. The van der Waals surface area contributed by atoms with Crippen molar-refractivity contribution < 1.29 is 29.6 Å². The summed E-state index contributed by atoms with van der Waals surface area (Å²) in [6.07, 6.45) is 5.57. The molecule has 0 bridgehead atoms. The molecular weight excluding hydrogens is 324 g/mol. The summed E-state index contributed by atoms with van der Waals surface area (Å²) in [5, 5.41) is 30.0. The number of cyclic esters (lactones) is 1. The van der Waals surface area contributed by atoms with Crippen molar-refractivity contribution in [3.05, 3.63) is 41.5 Å². The second kappa shape index (κ2) is 8.69. The van der Waals surface area contributed by atoms with Crippen LogP contribution in [0.5, 0.6) is 11.5 Å². The van der Waals surface area contributed by atoms with Crippen LogP contribution < -0.4 is 4.74 Å². The van der Waals surface area contributed by atoms with Crippen molar-refractivity contribution in [2.24, 2.45) is 0 Å². The van der Waals surface area contributed by atoms with E-state index < -0.39 is 24.3 Å². The summed E-state index contributed by atoms with van der Waals surface area (Å²) in [6.45, 7) is 1.72. The first-order valence-corrected chi connectivity index (χ1v) is 8.23. The Balaban J connectivity index is 2.39. The van der Waals surface area contributed by atoms with Gasteiger partial charge in [0.25, 0.3) is 0 Å². The second-order valence-electron chi connectivity index (χ2n) is 6.03. The van der Waals surface area contributed by atoms with Gasteiger partial charge in [-0.2, -0.15) is 0 Å². The van der Waals surface area contributed by atoms with Crippen molar-refractivity contribution in [2.75, 3.05) is 7.11 Å². The topological polar surface area (TPSA) is 96.2 Å². The highest BCUT2D eigenvalue weighted by Crippen LogP contribution is 2.30. The van der Waals surface area contributed by atoms with Crippen molar-refractivity contribution in [3.8, 4) is 11.5 Å². The number of fused-ring (bicyclic) bond motifs is 1. The first-order chi connectivity index (χ1) is 11.9. The smallest absolute Gasteiger partial charge is 0.342 e. The van der Waals surface area contributed by atoms with Gasteiger partial charge in [0, 0.05) is 12.5 Å². The van der Waals surface area contributed by atoms with Gasteiger partial charge in [0.2, 0.25) is 0 Å². The summed E-state index contributed by atoms with van der Waals surface area (Å²) in [6, 6.07) is 3.00. The number of ether oxygens (including phenoxy) is 2. The maximum absolute atomic E-state index is 12.5. The van der Waals surface area contributed by atoms with Crippen molar-refractivity contribution in [1.82, 2.24) is 0 Å². The average Bonchev–Trinajstić information content (AvgIpc) is 2.56. The van der Waals surface area contributed by atoms with Gasteiger partial charge in [-0.1, -0.05) is 24.3 Å². The molecule has 1 aliphatic heterocycles. The lowest BCUT2D eigenvalue weighted by Gasteiger charge is -2.17. The molecule has 0 spiro atoms. The minimum absolute atomic E-state index is 0.0746. The Bertz CT molecular complexity index is 664. The number of benzene rings is 1. The molecule has 1 aromatic rings. The van der Waals surface area contributed by atoms with E-state index in [0.29, 0.717) is 30.6 Å². The van der Waals surface area contributed by atoms with Crippen LogP contribution >= 0.6 is 0 Å². The molecule has 1 aliphatic rings. The number of carbonyl (C=O) groups excluding carboxylic acids is 1. The largest absolute Gasteiger partial charge is 0.507 e. The summed E-state index contributed by atoms with van der Waals surface area (Å²) in [5.74, 6) is -0.422. The standard InChI is InChI=1S/C19H24O6/c1-12-6-5-9-16(21)15(20)8-4-3-7-13-10-14(24-2)11-17(22)18(13)19(23)25-12/h3,5,7,9-12,15-16,20-22H,4,6,8H2,1-2H3/b7-3+,9-5+/t12-,15+,16-/m0/s1. The van der Waals surface area contributed by atoms with Crippen LogP contribution in [0.2, 0.25) is 0 Å². The van der Waals surface area contributed by atoms with E-state index in [0.717, 1.165) is 0 Å². The first-order valence-electron chi connectivity index (χ1n) is 8.23. The lowest BCUT2D eigenvalue weighted by atomic mass is 10.0. The monoisotopic (exact) mass is 348 g/mol. The molecule has 0 radical (unpaired) electrons. The van der Waals surface area contributed by atoms with Crippen LogP contribution in [-0.4, -0.2) is 46.7 Å². The van der Waals surface area contributed by atoms with Gasteiger partial charge in [-0.15, -0.1) is 0 Å². The zero-order valence-electron chi connectivity index (χ0n) is 14.4. The number of phenolic OH excluding ortho intramolecular Hbond substituents is 1. The Morgan fingerprint density at radius 3 is 2.72 bits per heavy atom. The highest BCUT2D eigenvalue weighted by atomic mass is 16.5. The van der Waals surface area contributed by atoms with E-state index in [-0.39, 0.29) is 11.3 Å². The fourth-order valence-corrected chi connectivity index (χ4v) is 2.57. The Labute approximate surface area is 147 Å². The molecular formula is C19H24O6. The normalized spacial score (nSPS) is 27.5. The van der Waals surface area contributed by atoms with E-state index >= 15 is 0 Å². The number of hydrogen-bond acceptors (Lipinski definition) is 6. The third-order valence-electron chi connectivity index (χ3n) is 3.99. The van der Waals surface area contributed by atoms with Gasteiger partial charge in [0.1, 0.15) is 23.2 Å². The molecule has 1 aromatic carbocycles. The fraction of sp³-hybridized carbons (Fsp3) is 0.421. The Kier molecular flexibility index (Phi) is 6.61. The zero-order chi connectivity index (χ0) is 18.4. The minimum Gasteiger partial charge on any atom is -0.507 e. The van der Waals surface area contributed by atoms with E-state index in [1.807, 2.05) is 0 Å². The molecule has 0 saturated heterocycles. The molecule has 25 heavy (non-hydrogen) atoms. The Morgan fingerprint density at radius 1 is 1.24 bits per heavy atom. The SMILES string of the molecule is COc1cc(O)c2c(c1)/C=C/CC[C@@H](O)[C@@H](O)/C=C/C[C@H](C)OC2=O. The molecule has 0 amide bonds. The Hall–Kier alpha value is -2.31. The lowest BCUT2D eigenvalue weighted by molar-refractivity contribution is 0.0337. The van der Waals surface area contributed by atoms with Crippen molar-refractivity contribution in [1.29, 1.82) is 0 Å². The number of phenols is 1. The third kappa shape index (κ3) is 5.08. The van der Waals surface area contributed by atoms with Crippen LogP contribution in [0, 0.1) is 0 Å². The van der Waals surface area contributed by atoms with E-state index in [1.54, 1.807) is 31.2 Å². The molecule has 136 valence electrons. The highest BCUT2D eigenvalue weighted by Gasteiger charge is 2.21. The van der Waals surface area contributed by atoms with Gasteiger partial charge < -0.3 is 24.8 Å². The predicted molar refractivity (Wildman–Crippen MR) is 93.6 cm³/mol. The number of rotatable bonds is 1. The van der Waals surface area contributed by atoms with E-state index in [9.17, 15) is 20.1 Å². The van der Waals surface area contributed by atoms with E-state index in [1.165, 1.54) is 19.3 Å². The second-order valence-corrected chi connectivity index (χ2v) is 6.03. The van der Waals surface area contributed by atoms with E-state index in [4.69, 9.17) is 9.47 Å². The van der Waals surface area contributed by atoms with Crippen molar-refractivity contribution in [3.63, 3.8) is 0 Å². The van der Waals surface area contributed by atoms with Gasteiger partial charge in [-0.25, -0.2) is 4.79 Å². The number of aromatic hydroxyl groups is 1. The number of carbonyl (C=O) groups is 1. The molecule has 6 heteroatoms. The number of methoxy groups -OCH3 is 1. The quantitative estimate of drug-likeness (QED) is 0.533. The summed E-state index contributed by atoms with van der Waals surface area (Å²) in [7, 11) is 1.47. The maximum atomic E-state index is 12.5. The number of hydrogen-bond donors (Lipinski definition) is 3. The Morgan fingerprint density at radius 2 is 2.00 bits per heavy atom. The molecule has 3 atom stereocenters. The van der Waals surface area contributed by atoms with Crippen LogP contribution in [0.4, 0.5) is 0 Å². The summed E-state index contributed by atoms with van der Waals surface area (Å²) < 4.78 is 10.5. The summed E-state index contributed by atoms with van der Waals surface area (Å²) in [5.41, 5.74) is 0.544. The number of aliphatic hydroxyl groups excluding tert-OH is 2. The predicted octanol–water partition coefficient (Wildman–Crippen LogP) is 2.42. The molecule has 6 nitrogen and oxygen atoms in total. The van der Waals surface area contributed by atoms with Crippen molar-refractivity contribution in [2.45, 2.75) is 44.5 Å². The molecule has 0 saturated carbocycles. The first kappa shape index (κ1) is 19.0. The minimum atomic E-state index is -0.962. The molecule has 0 aromatic heterocycles. The van der Waals surface area contributed by atoms with Crippen LogP contribution in [0.15, 0.2) is 30.4 Å². The van der Waals surface area contributed by atoms with Crippen molar-refractivity contribution >= 4 is 12.0 Å². The van der Waals surface area contributed by atoms with Gasteiger partial charge in [-0.05, 0) is 31.4 Å². The number of esters is 1. The van der Waals surface area contributed by atoms with Gasteiger partial charge in [0.15, 0.2) is 0 Å². The van der Waals surface area contributed by atoms with Gasteiger partial charge >= 0.3 is 5.97 Å². The van der Waals surface area contributed by atoms with E-state index in [2.05, 4.69) is 0 Å². The molecule has 0 unspecified atom stereocenters. The van der Waals surface area contributed by atoms with Crippen LogP contribution in [-0.2, 0) is 4.74 Å². The lowest BCUT2D eigenvalue weighted by Crippen LogP contribution is -2.23. The molecule has 0 fully saturated rings. The summed E-state index contributed by atoms with van der Waals surface area (Å²) in [4.78, 5) is 12.5. The summed E-state index contributed by atoms with van der Waals surface area (Å²) >= 11 is 0. The average molecular weight is 348 g/mol. The number of allylic oxidation sites excluding steroid dienone is 1. The molecule has 1 heterocycles. The fourth-order valence-electron chi connectivity index (χ4n) is 2.57. The molecule has 2 rings (SSSR count). The maximum Gasteiger partial charge on any atom is 0.342 e. The van der Waals surface area contributed by atoms with Gasteiger partial charge in [0.05, 0.1) is 19.3 Å². The van der Waals surface area contributed by atoms with Crippen LogP contribution in [0.1, 0.15) is 42.1 Å². The number of aliphatic hydroxyl groups is 2. The van der Waals surface area contributed by atoms with Gasteiger partial charge in [-0.3, -0.25) is 0 Å².